The highest BCUT2D eigenvalue weighted by Crippen LogP contribution is 2.14. The molecule has 2 N–H and O–H groups in total. The molecule has 2 heterocycles. The highest BCUT2D eigenvalue weighted by atomic mass is 127. The van der Waals surface area contributed by atoms with Gasteiger partial charge in [0.1, 0.15) is 12.2 Å². The van der Waals surface area contributed by atoms with E-state index in [2.05, 4.69) is 33.9 Å². The molecule has 2 rings (SSSR count). The van der Waals surface area contributed by atoms with Crippen LogP contribution in [0, 0.1) is 5.92 Å². The van der Waals surface area contributed by atoms with Gasteiger partial charge in [0.25, 0.3) is 0 Å². The minimum atomic E-state index is 0. The molecule has 7 heteroatoms. The van der Waals surface area contributed by atoms with Crippen LogP contribution in [0.5, 0.6) is 0 Å². The van der Waals surface area contributed by atoms with Gasteiger partial charge < -0.3 is 15.2 Å². The van der Waals surface area contributed by atoms with Crippen LogP contribution >= 0.6 is 24.0 Å². The fourth-order valence-corrected chi connectivity index (χ4v) is 2.51. The summed E-state index contributed by atoms with van der Waals surface area (Å²) in [6.45, 7) is 7.88. The molecule has 0 saturated carbocycles. The number of hydrogen-bond acceptors (Lipinski definition) is 3. The van der Waals surface area contributed by atoms with E-state index in [4.69, 9.17) is 5.73 Å². The van der Waals surface area contributed by atoms with Gasteiger partial charge in [0.15, 0.2) is 5.96 Å². The lowest BCUT2D eigenvalue weighted by Crippen LogP contribution is -2.43. The Morgan fingerprint density at radius 1 is 1.55 bits per heavy atom. The predicted molar refractivity (Wildman–Crippen MR) is 91.3 cm³/mol. The second kappa shape index (κ2) is 8.43. The van der Waals surface area contributed by atoms with Crippen LogP contribution in [0.4, 0.5) is 0 Å². The first kappa shape index (κ1) is 17.2. The summed E-state index contributed by atoms with van der Waals surface area (Å²) in [7, 11) is 0. The van der Waals surface area contributed by atoms with Gasteiger partial charge in [-0.15, -0.1) is 34.2 Å². The molecule has 0 aromatic carbocycles. The third-order valence-corrected chi connectivity index (χ3v) is 3.61. The van der Waals surface area contributed by atoms with Gasteiger partial charge >= 0.3 is 0 Å². The molecule has 1 aromatic heterocycles. The van der Waals surface area contributed by atoms with Gasteiger partial charge in [-0.3, -0.25) is 4.99 Å². The number of guanidine groups is 1. The maximum Gasteiger partial charge on any atom is 0.191 e. The normalized spacial score (nSPS) is 19.8. The number of aliphatic imine (C=N–C) groups is 1. The fourth-order valence-electron chi connectivity index (χ4n) is 2.51. The summed E-state index contributed by atoms with van der Waals surface area (Å²) >= 11 is 0. The van der Waals surface area contributed by atoms with Crippen molar-refractivity contribution in [3.8, 4) is 0 Å². The van der Waals surface area contributed by atoms with Gasteiger partial charge in [-0.2, -0.15) is 0 Å². The molecule has 0 aliphatic carbocycles. The first-order valence-electron chi connectivity index (χ1n) is 7.12. The Kier molecular flexibility index (Phi) is 7.25. The van der Waals surface area contributed by atoms with Gasteiger partial charge in [0.2, 0.25) is 0 Å². The smallest absolute Gasteiger partial charge is 0.191 e. The molecule has 1 saturated heterocycles. The first-order valence-corrected chi connectivity index (χ1v) is 7.12. The largest absolute Gasteiger partial charge is 0.370 e. The molecule has 114 valence electrons. The molecule has 1 unspecified atom stereocenters. The van der Waals surface area contributed by atoms with Crippen molar-refractivity contribution < 1.29 is 0 Å². The van der Waals surface area contributed by atoms with Gasteiger partial charge in [0.05, 0.1) is 6.54 Å². The maximum absolute atomic E-state index is 6.06. The SMILES string of the molecule is CCc1nncn1CCN=C(N)N1CCCC(C)C1.I. The summed E-state index contributed by atoms with van der Waals surface area (Å²) in [5.74, 6) is 2.39. The van der Waals surface area contributed by atoms with Gasteiger partial charge in [0, 0.05) is 26.1 Å². The third kappa shape index (κ3) is 4.60. The standard InChI is InChI=1S/C13H24N6.HI/c1-3-12-17-16-10-19(12)8-6-15-13(14)18-7-4-5-11(2)9-18;/h10-11H,3-9H2,1-2H3,(H2,14,15);1H. The molecule has 1 fully saturated rings. The molecule has 0 amide bonds. The summed E-state index contributed by atoms with van der Waals surface area (Å²) in [6, 6.07) is 0. The van der Waals surface area contributed by atoms with Crippen molar-refractivity contribution in [2.75, 3.05) is 19.6 Å². The van der Waals surface area contributed by atoms with E-state index in [9.17, 15) is 0 Å². The van der Waals surface area contributed by atoms with Crippen LogP contribution in [0.2, 0.25) is 0 Å². The highest BCUT2D eigenvalue weighted by molar-refractivity contribution is 14.0. The van der Waals surface area contributed by atoms with E-state index >= 15 is 0 Å². The fraction of sp³-hybridized carbons (Fsp3) is 0.769. The molecule has 6 nitrogen and oxygen atoms in total. The summed E-state index contributed by atoms with van der Waals surface area (Å²) in [6.07, 6.45) is 5.16. The molecule has 0 bridgehead atoms. The maximum atomic E-state index is 6.06. The molecular weight excluding hydrogens is 367 g/mol. The number of nitrogens with zero attached hydrogens (tertiary/aromatic N) is 5. The minimum absolute atomic E-state index is 0. The predicted octanol–water partition coefficient (Wildman–Crippen LogP) is 1.51. The summed E-state index contributed by atoms with van der Waals surface area (Å²) in [5.41, 5.74) is 6.06. The van der Waals surface area contributed by atoms with Crippen molar-refractivity contribution in [2.45, 2.75) is 39.7 Å². The number of halogens is 1. The van der Waals surface area contributed by atoms with Crippen molar-refractivity contribution in [1.29, 1.82) is 0 Å². The molecule has 1 aliphatic rings. The van der Waals surface area contributed by atoms with Crippen molar-refractivity contribution in [1.82, 2.24) is 19.7 Å². The van der Waals surface area contributed by atoms with Crippen molar-refractivity contribution in [2.24, 2.45) is 16.6 Å². The number of rotatable bonds is 4. The second-order valence-corrected chi connectivity index (χ2v) is 5.23. The van der Waals surface area contributed by atoms with Gasteiger partial charge in [-0.25, -0.2) is 0 Å². The Morgan fingerprint density at radius 3 is 3.05 bits per heavy atom. The number of piperidine rings is 1. The average Bonchev–Trinajstić information content (AvgIpc) is 2.86. The number of nitrogens with two attached hydrogens (primary N) is 1. The van der Waals surface area contributed by atoms with Crippen LogP contribution in [0.25, 0.3) is 0 Å². The van der Waals surface area contributed by atoms with E-state index in [-0.39, 0.29) is 24.0 Å². The van der Waals surface area contributed by atoms with Crippen LogP contribution < -0.4 is 5.73 Å². The zero-order valence-electron chi connectivity index (χ0n) is 12.3. The molecule has 1 aromatic rings. The quantitative estimate of drug-likeness (QED) is 0.479. The summed E-state index contributed by atoms with van der Waals surface area (Å²) in [5, 5.41) is 7.97. The lowest BCUT2D eigenvalue weighted by molar-refractivity contribution is 0.270. The van der Waals surface area contributed by atoms with Crippen LogP contribution in [0.3, 0.4) is 0 Å². The van der Waals surface area contributed by atoms with Gasteiger partial charge in [-0.1, -0.05) is 13.8 Å². The Bertz CT molecular complexity index is 430. The number of aromatic nitrogens is 3. The molecule has 20 heavy (non-hydrogen) atoms. The Morgan fingerprint density at radius 2 is 2.35 bits per heavy atom. The van der Waals surface area contributed by atoms with Crippen LogP contribution in [-0.2, 0) is 13.0 Å². The molecular formula is C13H25IN6. The van der Waals surface area contributed by atoms with Crippen molar-refractivity contribution in [3.05, 3.63) is 12.2 Å². The van der Waals surface area contributed by atoms with E-state index in [1.165, 1.54) is 12.8 Å². The molecule has 1 atom stereocenters. The van der Waals surface area contributed by atoms with E-state index < -0.39 is 0 Å². The molecule has 0 radical (unpaired) electrons. The van der Waals surface area contributed by atoms with Gasteiger partial charge in [-0.05, 0) is 18.8 Å². The van der Waals surface area contributed by atoms with E-state index in [1.54, 1.807) is 6.33 Å². The van der Waals surface area contributed by atoms with Crippen LogP contribution in [0.15, 0.2) is 11.3 Å². The van der Waals surface area contributed by atoms with Crippen LogP contribution in [-0.4, -0.2) is 45.3 Å². The Balaban J connectivity index is 0.00000200. The zero-order chi connectivity index (χ0) is 13.7. The number of hydrogen-bond donors (Lipinski definition) is 1. The number of aryl methyl sites for hydroxylation is 1. The third-order valence-electron chi connectivity index (χ3n) is 3.61. The Labute approximate surface area is 137 Å². The average molecular weight is 392 g/mol. The Hall–Kier alpha value is -0.860. The van der Waals surface area contributed by atoms with E-state index in [0.29, 0.717) is 18.4 Å². The first-order chi connectivity index (χ1) is 9.20. The summed E-state index contributed by atoms with van der Waals surface area (Å²) < 4.78 is 2.04. The minimum Gasteiger partial charge on any atom is -0.370 e. The van der Waals surface area contributed by atoms with E-state index in [0.717, 1.165) is 31.9 Å². The number of likely N-dealkylation sites (tertiary alicyclic amines) is 1. The summed E-state index contributed by atoms with van der Waals surface area (Å²) in [4.78, 5) is 6.67. The second-order valence-electron chi connectivity index (χ2n) is 5.23. The lowest BCUT2D eigenvalue weighted by atomic mass is 10.0. The van der Waals surface area contributed by atoms with Crippen molar-refractivity contribution >= 4 is 29.9 Å². The monoisotopic (exact) mass is 392 g/mol. The topological polar surface area (TPSA) is 72.3 Å². The van der Waals surface area contributed by atoms with Crippen LogP contribution in [0.1, 0.15) is 32.5 Å². The van der Waals surface area contributed by atoms with Crippen molar-refractivity contribution in [3.63, 3.8) is 0 Å². The zero-order valence-corrected chi connectivity index (χ0v) is 14.7. The lowest BCUT2D eigenvalue weighted by Gasteiger charge is -2.31. The molecule has 1 aliphatic heterocycles. The molecule has 0 spiro atoms. The van der Waals surface area contributed by atoms with E-state index in [1.807, 2.05) is 4.57 Å². The highest BCUT2D eigenvalue weighted by Gasteiger charge is 2.17.